The summed E-state index contributed by atoms with van der Waals surface area (Å²) in [4.78, 5) is 12.0. The highest BCUT2D eigenvalue weighted by Crippen LogP contribution is 2.16. The molecule has 0 aliphatic carbocycles. The SMILES string of the molecule is C=C(C)C(=O)NC(CCCCCCCCCCC)[N+](C)(C)CCC. The second-order valence-corrected chi connectivity index (χ2v) is 7.89. The van der Waals surface area contributed by atoms with Crippen LogP contribution in [-0.4, -0.2) is 37.2 Å². The summed E-state index contributed by atoms with van der Waals surface area (Å²) in [7, 11) is 4.45. The predicted octanol–water partition coefficient (Wildman–Crippen LogP) is 5.41. The summed E-state index contributed by atoms with van der Waals surface area (Å²) >= 11 is 0. The molecular weight excluding hydrogens is 296 g/mol. The molecule has 142 valence electrons. The van der Waals surface area contributed by atoms with Gasteiger partial charge in [0, 0.05) is 12.0 Å². The highest BCUT2D eigenvalue weighted by molar-refractivity contribution is 5.92. The number of hydrogen-bond donors (Lipinski definition) is 1. The number of unbranched alkanes of at least 4 members (excludes halogenated alkanes) is 8. The van der Waals surface area contributed by atoms with Gasteiger partial charge in [0.25, 0.3) is 5.91 Å². The van der Waals surface area contributed by atoms with Crippen molar-refractivity contribution in [3.8, 4) is 0 Å². The molecule has 0 saturated heterocycles. The molecule has 0 aliphatic heterocycles. The molecule has 0 aliphatic rings. The molecule has 0 aromatic heterocycles. The third-order valence-corrected chi connectivity index (χ3v) is 4.91. The molecule has 0 aromatic carbocycles. The third-order valence-electron chi connectivity index (χ3n) is 4.91. The van der Waals surface area contributed by atoms with Gasteiger partial charge in [0.1, 0.15) is 0 Å². The first-order chi connectivity index (χ1) is 11.3. The first-order valence-corrected chi connectivity index (χ1v) is 10.1. The van der Waals surface area contributed by atoms with E-state index in [-0.39, 0.29) is 12.1 Å². The van der Waals surface area contributed by atoms with Crippen LogP contribution in [0.1, 0.15) is 91.4 Å². The van der Waals surface area contributed by atoms with Crippen molar-refractivity contribution in [1.29, 1.82) is 0 Å². The normalized spacial score (nSPS) is 12.9. The minimum atomic E-state index is -0.00164. The van der Waals surface area contributed by atoms with Gasteiger partial charge in [-0.15, -0.1) is 0 Å². The number of carbonyl (C=O) groups is 1. The van der Waals surface area contributed by atoms with E-state index in [4.69, 9.17) is 0 Å². The molecule has 0 radical (unpaired) electrons. The van der Waals surface area contributed by atoms with Crippen LogP contribution in [0.3, 0.4) is 0 Å². The number of amides is 1. The van der Waals surface area contributed by atoms with Crippen LogP contribution in [0.2, 0.25) is 0 Å². The first kappa shape index (κ1) is 23.2. The average Bonchev–Trinajstić information content (AvgIpc) is 2.51. The Morgan fingerprint density at radius 1 is 0.917 bits per heavy atom. The van der Waals surface area contributed by atoms with Crippen molar-refractivity contribution >= 4 is 5.91 Å². The Labute approximate surface area is 151 Å². The zero-order valence-electron chi connectivity index (χ0n) is 17.1. The fourth-order valence-electron chi connectivity index (χ4n) is 3.25. The number of nitrogens with zero attached hydrogens (tertiary/aromatic N) is 1. The molecule has 1 atom stereocenters. The Bertz CT molecular complexity index is 350. The third kappa shape index (κ3) is 10.9. The summed E-state index contributed by atoms with van der Waals surface area (Å²) in [5, 5.41) is 3.20. The second-order valence-electron chi connectivity index (χ2n) is 7.89. The minimum Gasteiger partial charge on any atom is -0.309 e. The number of hydrogen-bond acceptors (Lipinski definition) is 1. The smallest absolute Gasteiger partial charge is 0.250 e. The van der Waals surface area contributed by atoms with E-state index in [1.54, 1.807) is 6.92 Å². The van der Waals surface area contributed by atoms with Crippen molar-refractivity contribution < 1.29 is 9.28 Å². The second kappa shape index (κ2) is 13.5. The largest absolute Gasteiger partial charge is 0.309 e. The van der Waals surface area contributed by atoms with Gasteiger partial charge in [0.15, 0.2) is 6.17 Å². The van der Waals surface area contributed by atoms with Gasteiger partial charge in [0.05, 0.1) is 20.6 Å². The molecule has 0 saturated carbocycles. The molecular formula is C21H43N2O+. The molecule has 0 fully saturated rings. The molecule has 0 aromatic rings. The summed E-state index contributed by atoms with van der Waals surface area (Å²) in [5.41, 5.74) is 0.601. The van der Waals surface area contributed by atoms with Gasteiger partial charge in [-0.2, -0.15) is 0 Å². The Hall–Kier alpha value is -0.830. The average molecular weight is 340 g/mol. The number of carbonyl (C=O) groups excluding carboxylic acids is 1. The Morgan fingerprint density at radius 2 is 1.42 bits per heavy atom. The molecule has 24 heavy (non-hydrogen) atoms. The molecule has 0 heterocycles. The van der Waals surface area contributed by atoms with Crippen molar-refractivity contribution in [3.63, 3.8) is 0 Å². The lowest BCUT2D eigenvalue weighted by Gasteiger charge is -2.38. The van der Waals surface area contributed by atoms with Crippen LogP contribution in [0.15, 0.2) is 12.2 Å². The van der Waals surface area contributed by atoms with Crippen LogP contribution >= 0.6 is 0 Å². The fraction of sp³-hybridized carbons (Fsp3) is 0.857. The molecule has 1 amide bonds. The van der Waals surface area contributed by atoms with Gasteiger partial charge in [0.2, 0.25) is 0 Å². The van der Waals surface area contributed by atoms with E-state index in [1.165, 1.54) is 57.8 Å². The lowest BCUT2D eigenvalue weighted by atomic mass is 10.0. The van der Waals surface area contributed by atoms with Gasteiger partial charge >= 0.3 is 0 Å². The van der Waals surface area contributed by atoms with Crippen molar-refractivity contribution in [2.45, 2.75) is 97.6 Å². The van der Waals surface area contributed by atoms with E-state index in [0.717, 1.165) is 23.9 Å². The molecule has 1 unspecified atom stereocenters. The minimum absolute atomic E-state index is 0.00164. The van der Waals surface area contributed by atoms with Gasteiger partial charge < -0.3 is 9.80 Å². The summed E-state index contributed by atoms with van der Waals surface area (Å²) in [6.45, 7) is 11.1. The fourth-order valence-corrected chi connectivity index (χ4v) is 3.25. The first-order valence-electron chi connectivity index (χ1n) is 10.1. The van der Waals surface area contributed by atoms with E-state index in [1.807, 2.05) is 0 Å². The van der Waals surface area contributed by atoms with Gasteiger partial charge in [-0.05, 0) is 19.8 Å². The number of quaternary nitrogens is 1. The van der Waals surface area contributed by atoms with Gasteiger partial charge in [-0.25, -0.2) is 0 Å². The summed E-state index contributed by atoms with van der Waals surface area (Å²) < 4.78 is 0.854. The van der Waals surface area contributed by atoms with Crippen molar-refractivity contribution in [3.05, 3.63) is 12.2 Å². The maximum absolute atomic E-state index is 12.0. The Kier molecular flexibility index (Phi) is 13.0. The molecule has 3 nitrogen and oxygen atoms in total. The number of rotatable bonds is 15. The maximum atomic E-state index is 12.0. The highest BCUT2D eigenvalue weighted by atomic mass is 16.2. The molecule has 0 rings (SSSR count). The summed E-state index contributed by atoms with van der Waals surface area (Å²) in [5.74, 6) is -0.00164. The molecule has 1 N–H and O–H groups in total. The van der Waals surface area contributed by atoms with Gasteiger partial charge in [-0.3, -0.25) is 4.79 Å². The number of nitrogens with one attached hydrogen (secondary N) is 1. The van der Waals surface area contributed by atoms with E-state index < -0.39 is 0 Å². The van der Waals surface area contributed by atoms with Crippen LogP contribution in [-0.2, 0) is 4.79 Å². The predicted molar refractivity (Wildman–Crippen MR) is 106 cm³/mol. The van der Waals surface area contributed by atoms with Crippen LogP contribution < -0.4 is 5.32 Å². The summed E-state index contributed by atoms with van der Waals surface area (Å²) in [6, 6.07) is 0. The van der Waals surface area contributed by atoms with Crippen LogP contribution in [0.4, 0.5) is 0 Å². The highest BCUT2D eigenvalue weighted by Gasteiger charge is 2.28. The van der Waals surface area contributed by atoms with Crippen molar-refractivity contribution in [2.75, 3.05) is 20.6 Å². The quantitative estimate of drug-likeness (QED) is 0.184. The Morgan fingerprint density at radius 3 is 1.88 bits per heavy atom. The standard InChI is InChI=1S/C21H42N2O/c1-7-9-10-11-12-13-14-15-16-17-20(22-21(24)19(3)4)23(5,6)18-8-2/h20H,3,7-18H2,1-2,4-6H3/p+1. The lowest BCUT2D eigenvalue weighted by molar-refractivity contribution is -0.917. The van der Waals surface area contributed by atoms with Crippen molar-refractivity contribution in [2.24, 2.45) is 0 Å². The molecule has 0 spiro atoms. The van der Waals surface area contributed by atoms with Crippen LogP contribution in [0.25, 0.3) is 0 Å². The Balaban J connectivity index is 4.13. The van der Waals surface area contributed by atoms with Crippen LogP contribution in [0.5, 0.6) is 0 Å². The molecule has 0 bridgehead atoms. The van der Waals surface area contributed by atoms with Crippen LogP contribution in [0, 0.1) is 0 Å². The zero-order chi connectivity index (χ0) is 18.4. The lowest BCUT2D eigenvalue weighted by Crippen LogP contribution is -2.57. The van der Waals surface area contributed by atoms with E-state index >= 15 is 0 Å². The van der Waals surface area contributed by atoms with E-state index in [0.29, 0.717) is 5.57 Å². The van der Waals surface area contributed by atoms with E-state index in [9.17, 15) is 4.79 Å². The monoisotopic (exact) mass is 339 g/mol. The van der Waals surface area contributed by atoms with Gasteiger partial charge in [-0.1, -0.05) is 71.8 Å². The molecule has 3 heteroatoms. The summed E-state index contributed by atoms with van der Waals surface area (Å²) in [6.07, 6.45) is 14.4. The zero-order valence-corrected chi connectivity index (χ0v) is 17.1. The topological polar surface area (TPSA) is 29.1 Å². The maximum Gasteiger partial charge on any atom is 0.250 e. The van der Waals surface area contributed by atoms with Crippen molar-refractivity contribution in [1.82, 2.24) is 5.32 Å². The van der Waals surface area contributed by atoms with E-state index in [2.05, 4.69) is 39.8 Å².